The Hall–Kier alpha value is -2.49. The number of nitrogens with one attached hydrogen (secondary N) is 1. The summed E-state index contributed by atoms with van der Waals surface area (Å²) in [6.07, 6.45) is 1.24. The summed E-state index contributed by atoms with van der Waals surface area (Å²) in [7, 11) is 0. The molecule has 102 valence electrons. The van der Waals surface area contributed by atoms with E-state index in [9.17, 15) is 4.79 Å². The van der Waals surface area contributed by atoms with Crippen LogP contribution in [-0.2, 0) is 17.8 Å². The minimum Gasteiger partial charge on any atom is -0.487 e. The van der Waals surface area contributed by atoms with Crippen LogP contribution in [0.1, 0.15) is 17.5 Å². The molecule has 0 aliphatic carbocycles. The van der Waals surface area contributed by atoms with Crippen molar-refractivity contribution >= 4 is 17.3 Å². The van der Waals surface area contributed by atoms with Gasteiger partial charge in [-0.05, 0) is 23.6 Å². The number of hydrogen-bond acceptors (Lipinski definition) is 3. The highest BCUT2D eigenvalue weighted by atomic mass is 16.5. The van der Waals surface area contributed by atoms with Gasteiger partial charge in [-0.15, -0.1) is 0 Å². The molecule has 1 aliphatic heterocycles. The predicted octanol–water partition coefficient (Wildman–Crippen LogP) is 2.73. The first-order valence-corrected chi connectivity index (χ1v) is 6.61. The van der Waals surface area contributed by atoms with E-state index in [0.717, 1.165) is 23.2 Å². The number of amides is 1. The van der Waals surface area contributed by atoms with E-state index in [1.807, 2.05) is 42.5 Å². The summed E-state index contributed by atoms with van der Waals surface area (Å²) in [5.74, 6) is 0.645. The highest BCUT2D eigenvalue weighted by Crippen LogP contribution is 2.32. The molecule has 0 bridgehead atoms. The fourth-order valence-corrected chi connectivity index (χ4v) is 2.29. The van der Waals surface area contributed by atoms with Crippen molar-refractivity contribution in [3.8, 4) is 5.75 Å². The molecule has 0 radical (unpaired) electrons. The van der Waals surface area contributed by atoms with Gasteiger partial charge in [0.15, 0.2) is 0 Å². The van der Waals surface area contributed by atoms with Gasteiger partial charge >= 0.3 is 0 Å². The van der Waals surface area contributed by atoms with Crippen LogP contribution in [0.2, 0.25) is 0 Å². The number of carbonyl (C=O) groups excluding carboxylic acids is 1. The fourth-order valence-electron chi connectivity index (χ4n) is 2.29. The Morgan fingerprint density at radius 3 is 2.75 bits per heavy atom. The van der Waals surface area contributed by atoms with Gasteiger partial charge in [0.05, 0.1) is 5.69 Å². The Morgan fingerprint density at radius 2 is 1.95 bits per heavy atom. The minimum absolute atomic E-state index is 0.0382. The SMILES string of the molecule is Nc1cc2c(cc1OCc1ccccc1)NC(=O)CC2. The molecule has 2 aromatic carbocycles. The van der Waals surface area contributed by atoms with Crippen LogP contribution in [0.25, 0.3) is 0 Å². The van der Waals surface area contributed by atoms with E-state index in [0.29, 0.717) is 24.5 Å². The van der Waals surface area contributed by atoms with E-state index in [-0.39, 0.29) is 5.91 Å². The smallest absolute Gasteiger partial charge is 0.224 e. The molecule has 4 heteroatoms. The van der Waals surface area contributed by atoms with Gasteiger partial charge in [0.1, 0.15) is 12.4 Å². The van der Waals surface area contributed by atoms with Crippen molar-refractivity contribution < 1.29 is 9.53 Å². The second kappa shape index (κ2) is 5.25. The number of fused-ring (bicyclic) bond motifs is 1. The maximum Gasteiger partial charge on any atom is 0.224 e. The van der Waals surface area contributed by atoms with Gasteiger partial charge in [-0.25, -0.2) is 0 Å². The molecule has 1 aliphatic rings. The van der Waals surface area contributed by atoms with E-state index in [4.69, 9.17) is 10.5 Å². The molecule has 0 aromatic heterocycles. The second-order valence-corrected chi connectivity index (χ2v) is 4.87. The number of hydrogen-bond donors (Lipinski definition) is 2. The summed E-state index contributed by atoms with van der Waals surface area (Å²) in [4.78, 5) is 11.4. The molecule has 0 atom stereocenters. The third-order valence-corrected chi connectivity index (χ3v) is 3.37. The monoisotopic (exact) mass is 268 g/mol. The van der Waals surface area contributed by atoms with Gasteiger partial charge in [-0.2, -0.15) is 0 Å². The van der Waals surface area contributed by atoms with Crippen LogP contribution < -0.4 is 15.8 Å². The topological polar surface area (TPSA) is 64.3 Å². The van der Waals surface area contributed by atoms with Crippen molar-refractivity contribution in [2.24, 2.45) is 0 Å². The fraction of sp³-hybridized carbons (Fsp3) is 0.188. The number of carbonyl (C=O) groups is 1. The van der Waals surface area contributed by atoms with E-state index >= 15 is 0 Å². The van der Waals surface area contributed by atoms with Gasteiger partial charge in [-0.3, -0.25) is 4.79 Å². The Labute approximate surface area is 117 Å². The summed E-state index contributed by atoms with van der Waals surface area (Å²) >= 11 is 0. The largest absolute Gasteiger partial charge is 0.487 e. The van der Waals surface area contributed by atoms with Gasteiger partial charge in [0, 0.05) is 18.2 Å². The van der Waals surface area contributed by atoms with Crippen LogP contribution >= 0.6 is 0 Å². The number of rotatable bonds is 3. The van der Waals surface area contributed by atoms with Crippen molar-refractivity contribution in [3.63, 3.8) is 0 Å². The molecular weight excluding hydrogens is 252 g/mol. The number of anilines is 2. The first-order valence-electron chi connectivity index (χ1n) is 6.61. The molecule has 0 saturated carbocycles. The summed E-state index contributed by atoms with van der Waals surface area (Å²) < 4.78 is 5.75. The molecule has 1 amide bonds. The second-order valence-electron chi connectivity index (χ2n) is 4.87. The van der Waals surface area contributed by atoms with Gasteiger partial charge in [0.2, 0.25) is 5.91 Å². The van der Waals surface area contributed by atoms with Crippen LogP contribution in [0.15, 0.2) is 42.5 Å². The quantitative estimate of drug-likeness (QED) is 0.841. The molecular formula is C16H16N2O2. The van der Waals surface area contributed by atoms with Crippen molar-refractivity contribution in [2.45, 2.75) is 19.4 Å². The Morgan fingerprint density at radius 1 is 1.15 bits per heavy atom. The van der Waals surface area contributed by atoms with Crippen molar-refractivity contribution in [1.82, 2.24) is 0 Å². The maximum absolute atomic E-state index is 11.4. The average Bonchev–Trinajstić information content (AvgIpc) is 2.46. The molecule has 3 rings (SSSR count). The van der Waals surface area contributed by atoms with Crippen LogP contribution in [0.4, 0.5) is 11.4 Å². The molecule has 2 aromatic rings. The van der Waals surface area contributed by atoms with Crippen molar-refractivity contribution in [3.05, 3.63) is 53.6 Å². The minimum atomic E-state index is 0.0382. The van der Waals surface area contributed by atoms with Gasteiger partial charge in [0.25, 0.3) is 0 Å². The third kappa shape index (κ3) is 2.59. The normalized spacial score (nSPS) is 13.5. The molecule has 0 saturated heterocycles. The lowest BCUT2D eigenvalue weighted by atomic mass is 10.0. The molecule has 0 spiro atoms. The van der Waals surface area contributed by atoms with Gasteiger partial charge in [-0.1, -0.05) is 30.3 Å². The highest BCUT2D eigenvalue weighted by molar-refractivity contribution is 5.94. The summed E-state index contributed by atoms with van der Waals surface area (Å²) in [6, 6.07) is 13.6. The molecule has 1 heterocycles. The first-order chi connectivity index (χ1) is 9.72. The molecule has 0 unspecified atom stereocenters. The number of aryl methyl sites for hydroxylation is 1. The van der Waals surface area contributed by atoms with Crippen LogP contribution in [0.3, 0.4) is 0 Å². The average molecular weight is 268 g/mol. The highest BCUT2D eigenvalue weighted by Gasteiger charge is 2.17. The first kappa shape index (κ1) is 12.5. The van der Waals surface area contributed by atoms with Crippen molar-refractivity contribution in [1.29, 1.82) is 0 Å². The third-order valence-electron chi connectivity index (χ3n) is 3.37. The zero-order valence-electron chi connectivity index (χ0n) is 11.1. The standard InChI is InChI=1S/C16H16N2O2/c17-13-8-12-6-7-16(19)18-14(12)9-15(13)20-10-11-4-2-1-3-5-11/h1-5,8-9H,6-7,10,17H2,(H,18,19). The Balaban J connectivity index is 1.80. The zero-order chi connectivity index (χ0) is 13.9. The lowest BCUT2D eigenvalue weighted by Crippen LogP contribution is -2.19. The molecule has 20 heavy (non-hydrogen) atoms. The summed E-state index contributed by atoms with van der Waals surface area (Å²) in [5.41, 5.74) is 9.56. The zero-order valence-corrected chi connectivity index (χ0v) is 11.1. The van der Waals surface area contributed by atoms with Crippen LogP contribution in [0, 0.1) is 0 Å². The van der Waals surface area contributed by atoms with Gasteiger partial charge < -0.3 is 15.8 Å². The number of ether oxygens (including phenoxy) is 1. The van der Waals surface area contributed by atoms with Crippen LogP contribution in [0.5, 0.6) is 5.75 Å². The summed E-state index contributed by atoms with van der Waals surface area (Å²) in [5, 5.41) is 2.85. The number of nitrogens with two attached hydrogens (primary N) is 1. The predicted molar refractivity (Wildman–Crippen MR) is 78.6 cm³/mol. The molecule has 0 fully saturated rings. The van der Waals surface area contributed by atoms with E-state index in [1.54, 1.807) is 0 Å². The number of benzene rings is 2. The summed E-state index contributed by atoms with van der Waals surface area (Å²) in [6.45, 7) is 0.456. The van der Waals surface area contributed by atoms with E-state index in [1.165, 1.54) is 0 Å². The maximum atomic E-state index is 11.4. The van der Waals surface area contributed by atoms with E-state index < -0.39 is 0 Å². The van der Waals surface area contributed by atoms with E-state index in [2.05, 4.69) is 5.32 Å². The molecule has 3 N–H and O–H groups in total. The lowest BCUT2D eigenvalue weighted by Gasteiger charge is -2.19. The Kier molecular flexibility index (Phi) is 3.29. The lowest BCUT2D eigenvalue weighted by molar-refractivity contribution is -0.116. The Bertz CT molecular complexity index is 638. The van der Waals surface area contributed by atoms with Crippen molar-refractivity contribution in [2.75, 3.05) is 11.1 Å². The van der Waals surface area contributed by atoms with Crippen LogP contribution in [-0.4, -0.2) is 5.91 Å². The molecule has 4 nitrogen and oxygen atoms in total. The number of nitrogen functional groups attached to an aromatic ring is 1.